The molecule has 0 aromatic carbocycles. The molecule has 0 aromatic heterocycles. The minimum Gasteiger partial charge on any atom is -0.313 e. The van der Waals surface area contributed by atoms with E-state index in [0.717, 1.165) is 17.2 Å². The first-order chi connectivity index (χ1) is 6.86. The van der Waals surface area contributed by atoms with Crippen molar-refractivity contribution in [2.45, 2.75) is 43.9 Å². The zero-order chi connectivity index (χ0) is 9.80. The van der Waals surface area contributed by atoms with Crippen LogP contribution >= 0.6 is 11.8 Å². The molecule has 3 atom stereocenters. The molecule has 80 valence electrons. The molecular weight excluding hydrogens is 190 g/mol. The van der Waals surface area contributed by atoms with Gasteiger partial charge >= 0.3 is 0 Å². The number of hydrogen-bond acceptors (Lipinski definition) is 2. The Labute approximate surface area is 91.7 Å². The Hall–Kier alpha value is 0.0500. The molecule has 0 radical (unpaired) electrons. The van der Waals surface area contributed by atoms with Crippen LogP contribution in [0.5, 0.6) is 0 Å². The van der Waals surface area contributed by atoms with Crippen molar-refractivity contribution >= 4 is 11.8 Å². The zero-order valence-electron chi connectivity index (χ0n) is 9.04. The number of nitrogens with one attached hydrogen (secondary N) is 1. The van der Waals surface area contributed by atoms with E-state index in [0.29, 0.717) is 0 Å². The van der Waals surface area contributed by atoms with Gasteiger partial charge in [0.2, 0.25) is 0 Å². The fourth-order valence-electron chi connectivity index (χ4n) is 2.36. The fourth-order valence-corrected chi connectivity index (χ4v) is 3.59. The van der Waals surface area contributed by atoms with Crippen LogP contribution in [0, 0.1) is 5.92 Å². The molecular formula is C12H21NS. The highest BCUT2D eigenvalue weighted by molar-refractivity contribution is 8.00. The van der Waals surface area contributed by atoms with Gasteiger partial charge in [-0.25, -0.2) is 0 Å². The van der Waals surface area contributed by atoms with Gasteiger partial charge in [-0.2, -0.15) is 11.8 Å². The van der Waals surface area contributed by atoms with E-state index in [1.165, 1.54) is 38.0 Å². The quantitative estimate of drug-likeness (QED) is 0.720. The van der Waals surface area contributed by atoms with Crippen molar-refractivity contribution in [1.82, 2.24) is 5.32 Å². The number of thioether (sulfide) groups is 1. The maximum absolute atomic E-state index is 3.75. The lowest BCUT2D eigenvalue weighted by molar-refractivity contribution is 0.400. The van der Waals surface area contributed by atoms with E-state index in [1.54, 1.807) is 0 Å². The maximum atomic E-state index is 3.75. The Bertz CT molecular complexity index is 202. The Morgan fingerprint density at radius 1 is 1.36 bits per heavy atom. The van der Waals surface area contributed by atoms with Gasteiger partial charge in [-0.1, -0.05) is 19.1 Å². The smallest absolute Gasteiger partial charge is 0.0191 e. The van der Waals surface area contributed by atoms with Gasteiger partial charge in [0.25, 0.3) is 0 Å². The van der Waals surface area contributed by atoms with Crippen LogP contribution < -0.4 is 5.32 Å². The van der Waals surface area contributed by atoms with Crippen molar-refractivity contribution in [3.63, 3.8) is 0 Å². The third kappa shape index (κ3) is 2.77. The number of rotatable bonds is 3. The predicted octanol–water partition coefficient (Wildman–Crippen LogP) is 2.83. The SMILES string of the molecule is CC1SCCC1NCC1CC=CCC1. The third-order valence-corrected chi connectivity index (χ3v) is 4.75. The van der Waals surface area contributed by atoms with Crippen LogP contribution in [0.25, 0.3) is 0 Å². The van der Waals surface area contributed by atoms with E-state index in [4.69, 9.17) is 0 Å². The standard InChI is InChI=1S/C12H21NS/c1-10-12(7-8-14-10)13-9-11-5-3-2-4-6-11/h2-3,10-13H,4-9H2,1H3. The summed E-state index contributed by atoms with van der Waals surface area (Å²) in [6.45, 7) is 3.59. The topological polar surface area (TPSA) is 12.0 Å². The molecule has 1 nitrogen and oxygen atoms in total. The molecule has 0 saturated carbocycles. The van der Waals surface area contributed by atoms with Crippen molar-refractivity contribution in [2.75, 3.05) is 12.3 Å². The summed E-state index contributed by atoms with van der Waals surface area (Å²) in [6.07, 6.45) is 10.0. The molecule has 1 saturated heterocycles. The molecule has 1 N–H and O–H groups in total. The Balaban J connectivity index is 1.68. The predicted molar refractivity (Wildman–Crippen MR) is 64.8 cm³/mol. The summed E-state index contributed by atoms with van der Waals surface area (Å²) in [6, 6.07) is 0.783. The summed E-state index contributed by atoms with van der Waals surface area (Å²) in [5.74, 6) is 2.25. The van der Waals surface area contributed by atoms with Crippen LogP contribution in [-0.2, 0) is 0 Å². The van der Waals surface area contributed by atoms with Gasteiger partial charge in [0.1, 0.15) is 0 Å². The van der Waals surface area contributed by atoms with Gasteiger partial charge in [-0.3, -0.25) is 0 Å². The lowest BCUT2D eigenvalue weighted by atomic mass is 9.94. The summed E-state index contributed by atoms with van der Waals surface area (Å²) in [5.41, 5.74) is 0. The third-order valence-electron chi connectivity index (χ3n) is 3.42. The second-order valence-electron chi connectivity index (χ2n) is 4.53. The van der Waals surface area contributed by atoms with Crippen LogP contribution in [0.1, 0.15) is 32.6 Å². The monoisotopic (exact) mass is 211 g/mol. The van der Waals surface area contributed by atoms with Crippen LogP contribution in [-0.4, -0.2) is 23.6 Å². The minimum absolute atomic E-state index is 0.783. The molecule has 14 heavy (non-hydrogen) atoms. The highest BCUT2D eigenvalue weighted by atomic mass is 32.2. The van der Waals surface area contributed by atoms with E-state index in [2.05, 4.69) is 36.2 Å². The Kier molecular flexibility index (Phi) is 3.94. The molecule has 0 spiro atoms. The fraction of sp³-hybridized carbons (Fsp3) is 0.833. The van der Waals surface area contributed by atoms with Crippen LogP contribution in [0.15, 0.2) is 12.2 Å². The molecule has 0 aromatic rings. The summed E-state index contributed by atoms with van der Waals surface area (Å²) < 4.78 is 0. The largest absolute Gasteiger partial charge is 0.313 e. The molecule has 1 fully saturated rings. The first-order valence-corrected chi connectivity index (χ1v) is 6.91. The minimum atomic E-state index is 0.783. The highest BCUT2D eigenvalue weighted by Crippen LogP contribution is 2.26. The summed E-state index contributed by atoms with van der Waals surface area (Å²) in [7, 11) is 0. The summed E-state index contributed by atoms with van der Waals surface area (Å²) in [5, 5.41) is 4.57. The van der Waals surface area contributed by atoms with Crippen LogP contribution in [0.2, 0.25) is 0 Å². The molecule has 2 heteroatoms. The Morgan fingerprint density at radius 2 is 2.29 bits per heavy atom. The molecule has 1 aliphatic heterocycles. The van der Waals surface area contributed by atoms with Crippen molar-refractivity contribution < 1.29 is 0 Å². The molecule has 2 aliphatic rings. The first kappa shape index (κ1) is 10.6. The molecule has 2 rings (SSSR count). The normalized spacial score (nSPS) is 37.6. The molecule has 0 amide bonds. The first-order valence-electron chi connectivity index (χ1n) is 5.86. The van der Waals surface area contributed by atoms with Gasteiger partial charge in [-0.15, -0.1) is 0 Å². The lowest BCUT2D eigenvalue weighted by Gasteiger charge is -2.22. The summed E-state index contributed by atoms with van der Waals surface area (Å²) in [4.78, 5) is 0. The molecule has 0 bridgehead atoms. The molecule has 3 unspecified atom stereocenters. The zero-order valence-corrected chi connectivity index (χ0v) is 9.85. The summed E-state index contributed by atoms with van der Waals surface area (Å²) >= 11 is 2.12. The molecule has 1 heterocycles. The van der Waals surface area contributed by atoms with Crippen molar-refractivity contribution in [1.29, 1.82) is 0 Å². The average molecular weight is 211 g/mol. The van der Waals surface area contributed by atoms with Crippen LogP contribution in [0.4, 0.5) is 0 Å². The van der Waals surface area contributed by atoms with E-state index >= 15 is 0 Å². The number of hydrogen-bond donors (Lipinski definition) is 1. The van der Waals surface area contributed by atoms with Gasteiger partial charge in [0.15, 0.2) is 0 Å². The van der Waals surface area contributed by atoms with Gasteiger partial charge < -0.3 is 5.32 Å². The second-order valence-corrected chi connectivity index (χ2v) is 6.01. The van der Waals surface area contributed by atoms with E-state index in [1.807, 2.05) is 0 Å². The van der Waals surface area contributed by atoms with Crippen molar-refractivity contribution in [2.24, 2.45) is 5.92 Å². The number of allylic oxidation sites excluding steroid dienone is 2. The van der Waals surface area contributed by atoms with Gasteiger partial charge in [-0.05, 0) is 43.9 Å². The lowest BCUT2D eigenvalue weighted by Crippen LogP contribution is -2.37. The average Bonchev–Trinajstić information content (AvgIpc) is 2.63. The second kappa shape index (κ2) is 5.22. The van der Waals surface area contributed by atoms with Crippen molar-refractivity contribution in [3.8, 4) is 0 Å². The van der Waals surface area contributed by atoms with E-state index in [9.17, 15) is 0 Å². The van der Waals surface area contributed by atoms with Gasteiger partial charge in [0.05, 0.1) is 0 Å². The van der Waals surface area contributed by atoms with E-state index in [-0.39, 0.29) is 0 Å². The van der Waals surface area contributed by atoms with Crippen molar-refractivity contribution in [3.05, 3.63) is 12.2 Å². The van der Waals surface area contributed by atoms with Gasteiger partial charge in [0, 0.05) is 11.3 Å². The molecule has 1 aliphatic carbocycles. The highest BCUT2D eigenvalue weighted by Gasteiger charge is 2.24. The maximum Gasteiger partial charge on any atom is 0.0191 e. The van der Waals surface area contributed by atoms with E-state index < -0.39 is 0 Å². The van der Waals surface area contributed by atoms with Crippen LogP contribution in [0.3, 0.4) is 0 Å². The Morgan fingerprint density at radius 3 is 2.93 bits per heavy atom.